The van der Waals surface area contributed by atoms with E-state index in [0.717, 1.165) is 44.5 Å². The lowest BCUT2D eigenvalue weighted by Gasteiger charge is -2.23. The summed E-state index contributed by atoms with van der Waals surface area (Å²) in [5, 5.41) is 16.6. The van der Waals surface area contributed by atoms with Crippen molar-refractivity contribution in [2.75, 3.05) is 19.6 Å². The van der Waals surface area contributed by atoms with Gasteiger partial charge in [-0.1, -0.05) is 0 Å². The average molecular weight is 249 g/mol. The third kappa shape index (κ3) is 2.25. The highest BCUT2D eigenvalue weighted by atomic mass is 16.2. The second-order valence-electron chi connectivity index (χ2n) is 5.37. The third-order valence-electron chi connectivity index (χ3n) is 4.25. The van der Waals surface area contributed by atoms with Crippen LogP contribution in [0.25, 0.3) is 0 Å². The van der Waals surface area contributed by atoms with Gasteiger partial charge in [-0.2, -0.15) is 15.4 Å². The number of piperidine rings is 1. The van der Waals surface area contributed by atoms with Crippen LogP contribution in [0.3, 0.4) is 0 Å². The van der Waals surface area contributed by atoms with E-state index in [1.165, 1.54) is 0 Å². The second kappa shape index (κ2) is 4.68. The molecule has 6 nitrogen and oxygen atoms in total. The summed E-state index contributed by atoms with van der Waals surface area (Å²) in [5.41, 5.74) is 1.21. The molecule has 0 bridgehead atoms. The highest BCUT2D eigenvalue weighted by molar-refractivity contribution is 5.82. The highest BCUT2D eigenvalue weighted by Crippen LogP contribution is 2.58. The molecule has 2 heterocycles. The number of carbonyl (C=O) groups is 1. The summed E-state index contributed by atoms with van der Waals surface area (Å²) < 4.78 is 0. The van der Waals surface area contributed by atoms with E-state index in [0.29, 0.717) is 12.0 Å². The quantitative estimate of drug-likeness (QED) is 0.693. The van der Waals surface area contributed by atoms with Gasteiger partial charge >= 0.3 is 0 Å². The van der Waals surface area contributed by atoms with E-state index in [4.69, 9.17) is 0 Å². The number of nitrogens with zero attached hydrogens (tertiary/aromatic N) is 2. The van der Waals surface area contributed by atoms with Gasteiger partial charge in [0.05, 0.1) is 11.9 Å². The molecule has 1 aromatic rings. The predicted octanol–water partition coefficient (Wildman–Crippen LogP) is -0.147. The molecule has 0 unspecified atom stereocenters. The van der Waals surface area contributed by atoms with E-state index in [2.05, 4.69) is 26.0 Å². The van der Waals surface area contributed by atoms with E-state index >= 15 is 0 Å². The number of nitrogens with one attached hydrogen (secondary N) is 3. The first-order valence-electron chi connectivity index (χ1n) is 6.63. The van der Waals surface area contributed by atoms with Gasteiger partial charge in [0.15, 0.2) is 0 Å². The Balaban J connectivity index is 1.43. The zero-order valence-electron chi connectivity index (χ0n) is 10.4. The number of rotatable bonds is 4. The molecule has 1 atom stereocenters. The lowest BCUT2D eigenvalue weighted by molar-refractivity contribution is -0.123. The normalized spacial score (nSPS) is 25.0. The zero-order valence-corrected chi connectivity index (χ0v) is 10.4. The number of aromatic nitrogens is 3. The second-order valence-corrected chi connectivity index (χ2v) is 5.37. The van der Waals surface area contributed by atoms with Gasteiger partial charge in [-0.25, -0.2) is 0 Å². The Morgan fingerprint density at radius 3 is 3.06 bits per heavy atom. The average Bonchev–Trinajstić information content (AvgIpc) is 2.85. The number of carbonyl (C=O) groups excluding carboxylic acids is 1. The Hall–Kier alpha value is -1.43. The molecule has 98 valence electrons. The fourth-order valence-corrected chi connectivity index (χ4v) is 2.98. The molecule has 0 aromatic carbocycles. The SMILES string of the molecule is O=C(NCCc1cn[nH]n1)[C@@H]1CC12CCNCC2. The third-order valence-corrected chi connectivity index (χ3v) is 4.25. The van der Waals surface area contributed by atoms with Crippen molar-refractivity contribution in [1.82, 2.24) is 26.0 Å². The Kier molecular flexibility index (Phi) is 3.03. The monoisotopic (exact) mass is 249 g/mol. The summed E-state index contributed by atoms with van der Waals surface area (Å²) >= 11 is 0. The fraction of sp³-hybridized carbons (Fsp3) is 0.750. The first kappa shape index (κ1) is 11.6. The van der Waals surface area contributed by atoms with Crippen LogP contribution in [0.1, 0.15) is 25.0 Å². The summed E-state index contributed by atoms with van der Waals surface area (Å²) in [6.45, 7) is 2.77. The maximum absolute atomic E-state index is 12.0. The molecule has 1 aliphatic heterocycles. The smallest absolute Gasteiger partial charge is 0.223 e. The van der Waals surface area contributed by atoms with Crippen molar-refractivity contribution >= 4 is 5.91 Å². The summed E-state index contributed by atoms with van der Waals surface area (Å²) in [4.78, 5) is 12.0. The molecule has 18 heavy (non-hydrogen) atoms. The Labute approximate surface area is 106 Å². The zero-order chi connectivity index (χ0) is 12.4. The molecule has 0 radical (unpaired) electrons. The predicted molar refractivity (Wildman–Crippen MR) is 65.7 cm³/mol. The van der Waals surface area contributed by atoms with Crippen LogP contribution in [0.5, 0.6) is 0 Å². The van der Waals surface area contributed by atoms with Gasteiger partial charge in [-0.05, 0) is 37.8 Å². The van der Waals surface area contributed by atoms with Crippen molar-refractivity contribution < 1.29 is 4.79 Å². The minimum Gasteiger partial charge on any atom is -0.355 e. The van der Waals surface area contributed by atoms with Gasteiger partial charge in [0.1, 0.15) is 0 Å². The van der Waals surface area contributed by atoms with Gasteiger partial charge in [0, 0.05) is 18.9 Å². The van der Waals surface area contributed by atoms with Crippen molar-refractivity contribution in [3.05, 3.63) is 11.9 Å². The van der Waals surface area contributed by atoms with Crippen LogP contribution in [0.15, 0.2) is 6.20 Å². The highest BCUT2D eigenvalue weighted by Gasteiger charge is 2.57. The largest absolute Gasteiger partial charge is 0.355 e. The molecule has 6 heteroatoms. The van der Waals surface area contributed by atoms with Crippen LogP contribution in [0, 0.1) is 11.3 Å². The molecule has 1 aliphatic carbocycles. The Bertz CT molecular complexity index is 410. The minimum absolute atomic E-state index is 0.223. The maximum Gasteiger partial charge on any atom is 0.223 e. The fourth-order valence-electron chi connectivity index (χ4n) is 2.98. The Morgan fingerprint density at radius 1 is 1.50 bits per heavy atom. The number of hydrogen-bond donors (Lipinski definition) is 3. The van der Waals surface area contributed by atoms with Crippen LogP contribution < -0.4 is 10.6 Å². The summed E-state index contributed by atoms with van der Waals surface area (Å²) in [6, 6.07) is 0. The molecule has 2 fully saturated rings. The minimum atomic E-state index is 0.223. The first-order chi connectivity index (χ1) is 8.80. The molecular weight excluding hydrogens is 230 g/mol. The molecular formula is C12H19N5O. The molecule has 3 rings (SSSR count). The van der Waals surface area contributed by atoms with E-state index < -0.39 is 0 Å². The molecule has 1 saturated carbocycles. The first-order valence-corrected chi connectivity index (χ1v) is 6.63. The standard InChI is InChI=1S/C12H19N5O/c18-11(14-4-1-9-8-15-17-16-9)10-7-12(10)2-5-13-6-3-12/h8,10,13H,1-7H2,(H,14,18)(H,15,16,17)/t10-/m0/s1. The van der Waals surface area contributed by atoms with E-state index in [9.17, 15) is 4.79 Å². The molecule has 1 spiro atoms. The van der Waals surface area contributed by atoms with Crippen molar-refractivity contribution in [2.45, 2.75) is 25.7 Å². The Morgan fingerprint density at radius 2 is 2.33 bits per heavy atom. The number of amides is 1. The molecule has 1 saturated heterocycles. The van der Waals surface area contributed by atoms with Crippen molar-refractivity contribution in [1.29, 1.82) is 0 Å². The summed E-state index contributed by atoms with van der Waals surface area (Å²) in [7, 11) is 0. The van der Waals surface area contributed by atoms with Crippen molar-refractivity contribution in [3.63, 3.8) is 0 Å². The lowest BCUT2D eigenvalue weighted by atomic mass is 9.92. The van der Waals surface area contributed by atoms with Crippen LogP contribution >= 0.6 is 0 Å². The van der Waals surface area contributed by atoms with Gasteiger partial charge in [-0.3, -0.25) is 4.79 Å². The lowest BCUT2D eigenvalue weighted by Crippen LogP contribution is -2.34. The topological polar surface area (TPSA) is 82.7 Å². The molecule has 1 aromatic heterocycles. The van der Waals surface area contributed by atoms with Crippen molar-refractivity contribution in [3.8, 4) is 0 Å². The van der Waals surface area contributed by atoms with Crippen molar-refractivity contribution in [2.24, 2.45) is 11.3 Å². The van der Waals surface area contributed by atoms with Crippen LogP contribution in [-0.4, -0.2) is 41.0 Å². The van der Waals surface area contributed by atoms with Gasteiger partial charge < -0.3 is 10.6 Å². The maximum atomic E-state index is 12.0. The molecule has 3 N–H and O–H groups in total. The van der Waals surface area contributed by atoms with Gasteiger partial charge in [0.25, 0.3) is 0 Å². The van der Waals surface area contributed by atoms with Gasteiger partial charge in [-0.15, -0.1) is 0 Å². The van der Waals surface area contributed by atoms with Crippen LogP contribution in [0.2, 0.25) is 0 Å². The van der Waals surface area contributed by atoms with E-state index in [1.807, 2.05) is 0 Å². The number of aromatic amines is 1. The van der Waals surface area contributed by atoms with Crippen LogP contribution in [0.4, 0.5) is 0 Å². The van der Waals surface area contributed by atoms with Crippen LogP contribution in [-0.2, 0) is 11.2 Å². The molecule has 2 aliphatic rings. The van der Waals surface area contributed by atoms with E-state index in [-0.39, 0.29) is 11.8 Å². The molecule has 1 amide bonds. The van der Waals surface area contributed by atoms with E-state index in [1.54, 1.807) is 6.20 Å². The van der Waals surface area contributed by atoms with Gasteiger partial charge in [0.2, 0.25) is 5.91 Å². The summed E-state index contributed by atoms with van der Waals surface area (Å²) in [6.07, 6.45) is 5.80. The number of hydrogen-bond acceptors (Lipinski definition) is 4. The number of H-pyrrole nitrogens is 1. The summed E-state index contributed by atoms with van der Waals surface area (Å²) in [5.74, 6) is 0.470.